The lowest BCUT2D eigenvalue weighted by molar-refractivity contribution is 0.0679. The maximum atomic E-state index is 12.9. The number of carbonyl (C=O) groups excluding carboxylic acids is 1. The van der Waals surface area contributed by atoms with E-state index in [9.17, 15) is 4.79 Å². The Hall–Kier alpha value is -2.37. The van der Waals surface area contributed by atoms with E-state index < -0.39 is 0 Å². The van der Waals surface area contributed by atoms with E-state index in [2.05, 4.69) is 49.2 Å². The fourth-order valence-corrected chi connectivity index (χ4v) is 6.23. The van der Waals surface area contributed by atoms with Crippen LogP contribution in [-0.2, 0) is 17.6 Å². The number of nitrogens with zero attached hydrogens (tertiary/aromatic N) is 1. The summed E-state index contributed by atoms with van der Waals surface area (Å²) in [6.45, 7) is 12.0. The van der Waals surface area contributed by atoms with Gasteiger partial charge >= 0.3 is 0 Å². The zero-order valence-electron chi connectivity index (χ0n) is 22.9. The first-order valence-electron chi connectivity index (χ1n) is 14.3. The predicted molar refractivity (Wildman–Crippen MR) is 149 cm³/mol. The molecule has 0 unspecified atom stereocenters. The van der Waals surface area contributed by atoms with E-state index in [0.29, 0.717) is 23.5 Å². The summed E-state index contributed by atoms with van der Waals surface area (Å²) < 4.78 is 11.4. The second kappa shape index (κ2) is 11.6. The highest BCUT2D eigenvalue weighted by Crippen LogP contribution is 2.32. The summed E-state index contributed by atoms with van der Waals surface area (Å²) in [6.07, 6.45) is 7.86. The maximum Gasteiger partial charge on any atom is 0.251 e. The summed E-state index contributed by atoms with van der Waals surface area (Å²) in [5, 5.41) is 3.27. The number of ether oxygens (including phenoxy) is 2. The van der Waals surface area contributed by atoms with Crippen LogP contribution >= 0.6 is 0 Å². The molecule has 2 fully saturated rings. The summed E-state index contributed by atoms with van der Waals surface area (Å²) in [4.78, 5) is 15.6. The molecule has 0 spiro atoms. The molecule has 2 heterocycles. The van der Waals surface area contributed by atoms with Gasteiger partial charge in [-0.05, 0) is 104 Å². The van der Waals surface area contributed by atoms with Crippen LogP contribution in [0.5, 0.6) is 5.75 Å². The Bertz CT molecular complexity index is 1050. The van der Waals surface area contributed by atoms with Crippen LogP contribution in [0.15, 0.2) is 42.5 Å². The molecule has 0 radical (unpaired) electrons. The normalized spacial score (nSPS) is 24.5. The van der Waals surface area contributed by atoms with Crippen molar-refractivity contribution in [3.8, 4) is 5.75 Å². The zero-order valence-corrected chi connectivity index (χ0v) is 22.9. The molecule has 2 aromatic carbocycles. The van der Waals surface area contributed by atoms with Gasteiger partial charge in [-0.15, -0.1) is 0 Å². The summed E-state index contributed by atoms with van der Waals surface area (Å²) in [5.74, 6) is 1.42. The Morgan fingerprint density at radius 2 is 1.89 bits per heavy atom. The smallest absolute Gasteiger partial charge is 0.251 e. The molecule has 5 nitrogen and oxygen atoms in total. The molecule has 2 saturated heterocycles. The number of aryl methyl sites for hydroxylation is 1. The number of amides is 1. The molecular weight excluding hydrogens is 460 g/mol. The Balaban J connectivity index is 1.13. The summed E-state index contributed by atoms with van der Waals surface area (Å²) >= 11 is 0. The van der Waals surface area contributed by atoms with Crippen molar-refractivity contribution in [2.75, 3.05) is 32.8 Å². The van der Waals surface area contributed by atoms with Gasteiger partial charge in [-0.25, -0.2) is 0 Å². The number of hydrogen-bond acceptors (Lipinski definition) is 4. The first kappa shape index (κ1) is 26.2. The summed E-state index contributed by atoms with van der Waals surface area (Å²) in [6, 6.07) is 14.8. The molecule has 5 heteroatoms. The van der Waals surface area contributed by atoms with Crippen molar-refractivity contribution in [1.29, 1.82) is 0 Å². The average Bonchev–Trinajstić information content (AvgIpc) is 3.40. The van der Waals surface area contributed by atoms with E-state index in [0.717, 1.165) is 44.5 Å². The van der Waals surface area contributed by atoms with E-state index in [-0.39, 0.29) is 18.1 Å². The SMILES string of the molecule is CC(C)(C)CN1CCC[C@@H](c2ccc3c(c2)CC[C@H](NC(=O)c2ccc(OC[C@@H]4CCCO4)cc2)C3)C1. The lowest BCUT2D eigenvalue weighted by Gasteiger charge is -2.37. The molecule has 0 bridgehead atoms. The second-order valence-electron chi connectivity index (χ2n) is 12.5. The minimum absolute atomic E-state index is 0.00288. The maximum absolute atomic E-state index is 12.9. The van der Waals surface area contributed by atoms with Crippen molar-refractivity contribution in [1.82, 2.24) is 10.2 Å². The van der Waals surface area contributed by atoms with Gasteiger partial charge < -0.3 is 19.7 Å². The van der Waals surface area contributed by atoms with Gasteiger partial charge in [-0.2, -0.15) is 0 Å². The van der Waals surface area contributed by atoms with E-state index >= 15 is 0 Å². The van der Waals surface area contributed by atoms with Crippen molar-refractivity contribution in [3.63, 3.8) is 0 Å². The predicted octanol–water partition coefficient (Wildman–Crippen LogP) is 5.76. The van der Waals surface area contributed by atoms with Crippen LogP contribution in [0.1, 0.15) is 85.8 Å². The first-order chi connectivity index (χ1) is 17.8. The molecular formula is C32H44N2O3. The van der Waals surface area contributed by atoms with Gasteiger partial charge in [-0.3, -0.25) is 4.79 Å². The van der Waals surface area contributed by atoms with Gasteiger partial charge in [0.25, 0.3) is 5.91 Å². The number of piperidine rings is 1. The third-order valence-electron chi connectivity index (χ3n) is 8.05. The quantitative estimate of drug-likeness (QED) is 0.521. The molecule has 37 heavy (non-hydrogen) atoms. The summed E-state index contributed by atoms with van der Waals surface area (Å²) in [7, 11) is 0. The average molecular weight is 505 g/mol. The van der Waals surface area contributed by atoms with Gasteiger partial charge in [-0.1, -0.05) is 39.0 Å². The number of fused-ring (bicyclic) bond motifs is 1. The van der Waals surface area contributed by atoms with Gasteiger partial charge in [0, 0.05) is 31.3 Å². The Morgan fingerprint density at radius 3 is 2.65 bits per heavy atom. The third kappa shape index (κ3) is 7.14. The highest BCUT2D eigenvalue weighted by atomic mass is 16.5. The Morgan fingerprint density at radius 1 is 1.05 bits per heavy atom. The molecule has 3 aliphatic rings. The van der Waals surface area contributed by atoms with Crippen LogP contribution in [0.25, 0.3) is 0 Å². The highest BCUT2D eigenvalue weighted by molar-refractivity contribution is 5.94. The third-order valence-corrected chi connectivity index (χ3v) is 8.05. The molecule has 1 aliphatic carbocycles. The van der Waals surface area contributed by atoms with Crippen LogP contribution in [0.3, 0.4) is 0 Å². The zero-order chi connectivity index (χ0) is 25.8. The summed E-state index contributed by atoms with van der Waals surface area (Å²) in [5.41, 5.74) is 5.39. The van der Waals surface area contributed by atoms with Crippen LogP contribution in [-0.4, -0.2) is 55.8 Å². The number of benzene rings is 2. The monoisotopic (exact) mass is 504 g/mol. The number of rotatable bonds is 7. The van der Waals surface area contributed by atoms with Gasteiger partial charge in [0.1, 0.15) is 12.4 Å². The van der Waals surface area contributed by atoms with Crippen LogP contribution in [0, 0.1) is 5.41 Å². The topological polar surface area (TPSA) is 50.8 Å². The van der Waals surface area contributed by atoms with E-state index in [1.807, 2.05) is 24.3 Å². The molecule has 2 aromatic rings. The van der Waals surface area contributed by atoms with E-state index in [4.69, 9.17) is 9.47 Å². The molecule has 5 rings (SSSR count). The van der Waals surface area contributed by atoms with Crippen LogP contribution in [0.2, 0.25) is 0 Å². The standard InChI is InChI=1S/C32H44N2O3/c1-32(2,3)22-34-16-4-6-27(20-34)25-8-9-26-19-28(13-10-24(26)18-25)33-31(35)23-11-14-29(15-12-23)37-21-30-7-5-17-36-30/h8-9,11-12,14-15,18,27-28,30H,4-7,10,13,16-17,19-22H2,1-3H3,(H,33,35)/t27-,28+,30+/m1/s1. The molecule has 2 aliphatic heterocycles. The minimum Gasteiger partial charge on any atom is -0.491 e. The number of hydrogen-bond donors (Lipinski definition) is 1. The highest BCUT2D eigenvalue weighted by Gasteiger charge is 2.27. The fourth-order valence-electron chi connectivity index (χ4n) is 6.23. The minimum atomic E-state index is -0.00288. The van der Waals surface area contributed by atoms with Crippen molar-refractivity contribution in [3.05, 3.63) is 64.7 Å². The fraction of sp³-hybridized carbons (Fsp3) is 0.594. The lowest BCUT2D eigenvalue weighted by atomic mass is 9.83. The van der Waals surface area contributed by atoms with E-state index in [1.165, 1.54) is 49.2 Å². The first-order valence-corrected chi connectivity index (χ1v) is 14.3. The number of nitrogens with one attached hydrogen (secondary N) is 1. The van der Waals surface area contributed by atoms with Gasteiger partial charge in [0.2, 0.25) is 0 Å². The van der Waals surface area contributed by atoms with Crippen LogP contribution < -0.4 is 10.1 Å². The number of likely N-dealkylation sites (tertiary alicyclic amines) is 1. The largest absolute Gasteiger partial charge is 0.491 e. The van der Waals surface area contributed by atoms with Crippen molar-refractivity contribution in [2.24, 2.45) is 5.41 Å². The van der Waals surface area contributed by atoms with Gasteiger partial charge in [0.05, 0.1) is 6.10 Å². The molecule has 0 saturated carbocycles. The molecule has 3 atom stereocenters. The van der Waals surface area contributed by atoms with E-state index in [1.54, 1.807) is 0 Å². The number of carbonyl (C=O) groups is 1. The van der Waals surface area contributed by atoms with Gasteiger partial charge in [0.15, 0.2) is 0 Å². The van der Waals surface area contributed by atoms with Crippen LogP contribution in [0.4, 0.5) is 0 Å². The molecule has 200 valence electrons. The Kier molecular flexibility index (Phi) is 8.21. The Labute approximate surface area is 222 Å². The second-order valence-corrected chi connectivity index (χ2v) is 12.5. The van der Waals surface area contributed by atoms with Crippen molar-refractivity contribution in [2.45, 2.75) is 83.8 Å². The van der Waals surface area contributed by atoms with Crippen molar-refractivity contribution >= 4 is 5.91 Å². The molecule has 0 aromatic heterocycles. The van der Waals surface area contributed by atoms with Crippen molar-refractivity contribution < 1.29 is 14.3 Å². The lowest BCUT2D eigenvalue weighted by Crippen LogP contribution is -2.40. The molecule has 1 amide bonds. The molecule has 1 N–H and O–H groups in total.